The molecule has 1 aliphatic heterocycles. The second-order valence-corrected chi connectivity index (χ2v) is 4.96. The van der Waals surface area contributed by atoms with Gasteiger partial charge >= 0.3 is 0 Å². The number of nitrogens with zero attached hydrogens (tertiary/aromatic N) is 2. The SMILES string of the molecule is CC(=O)CC1CCCN1C(=O)c1ccncc1Cl. The molecule has 0 spiro atoms. The molecule has 1 amide bonds. The Balaban J connectivity index is 2.18. The Morgan fingerprint density at radius 1 is 1.56 bits per heavy atom. The van der Waals surface area contributed by atoms with E-state index < -0.39 is 0 Å². The lowest BCUT2D eigenvalue weighted by atomic mass is 10.1. The molecule has 0 bridgehead atoms. The van der Waals surface area contributed by atoms with Crippen LogP contribution in [-0.4, -0.2) is 34.2 Å². The van der Waals surface area contributed by atoms with Crippen molar-refractivity contribution in [1.29, 1.82) is 0 Å². The Labute approximate surface area is 111 Å². The van der Waals surface area contributed by atoms with Crippen molar-refractivity contribution in [3.8, 4) is 0 Å². The van der Waals surface area contributed by atoms with Crippen LogP contribution in [0, 0.1) is 0 Å². The second-order valence-electron chi connectivity index (χ2n) is 4.56. The first-order valence-corrected chi connectivity index (χ1v) is 6.37. The molecule has 4 nitrogen and oxygen atoms in total. The largest absolute Gasteiger partial charge is 0.335 e. The minimum atomic E-state index is -0.105. The van der Waals surface area contributed by atoms with Crippen LogP contribution in [0.5, 0.6) is 0 Å². The maximum Gasteiger partial charge on any atom is 0.255 e. The molecule has 1 aromatic rings. The molecule has 96 valence electrons. The van der Waals surface area contributed by atoms with Crippen molar-refractivity contribution in [1.82, 2.24) is 9.88 Å². The van der Waals surface area contributed by atoms with E-state index in [1.165, 1.54) is 6.20 Å². The highest BCUT2D eigenvalue weighted by molar-refractivity contribution is 6.33. The molecule has 5 heteroatoms. The Morgan fingerprint density at radius 3 is 3.00 bits per heavy atom. The normalized spacial score (nSPS) is 19.0. The molecule has 0 N–H and O–H groups in total. The summed E-state index contributed by atoms with van der Waals surface area (Å²) >= 11 is 5.97. The van der Waals surface area contributed by atoms with E-state index in [1.807, 2.05) is 0 Å². The standard InChI is InChI=1S/C13H15ClN2O2/c1-9(17)7-10-3-2-6-16(10)13(18)11-4-5-15-8-12(11)14/h4-5,8,10H,2-3,6-7H2,1H3. The molecule has 0 saturated carbocycles. The van der Waals surface area contributed by atoms with Gasteiger partial charge in [-0.1, -0.05) is 11.6 Å². The quantitative estimate of drug-likeness (QED) is 0.844. The van der Waals surface area contributed by atoms with Crippen molar-refractivity contribution in [2.75, 3.05) is 6.54 Å². The van der Waals surface area contributed by atoms with Gasteiger partial charge in [0, 0.05) is 31.4 Å². The van der Waals surface area contributed by atoms with Crippen LogP contribution in [0.3, 0.4) is 0 Å². The zero-order valence-electron chi connectivity index (χ0n) is 10.2. The highest BCUT2D eigenvalue weighted by atomic mass is 35.5. The minimum Gasteiger partial charge on any atom is -0.335 e. The van der Waals surface area contributed by atoms with E-state index in [0.29, 0.717) is 23.6 Å². The van der Waals surface area contributed by atoms with E-state index in [0.717, 1.165) is 12.8 Å². The third-order valence-electron chi connectivity index (χ3n) is 3.16. The van der Waals surface area contributed by atoms with Gasteiger partial charge in [-0.25, -0.2) is 0 Å². The molecule has 1 unspecified atom stereocenters. The third-order valence-corrected chi connectivity index (χ3v) is 3.47. The first kappa shape index (κ1) is 13.0. The van der Waals surface area contributed by atoms with Crippen molar-refractivity contribution in [2.24, 2.45) is 0 Å². The van der Waals surface area contributed by atoms with E-state index in [9.17, 15) is 9.59 Å². The van der Waals surface area contributed by atoms with Crippen LogP contribution in [0.1, 0.15) is 36.5 Å². The Morgan fingerprint density at radius 2 is 2.33 bits per heavy atom. The van der Waals surface area contributed by atoms with Crippen molar-refractivity contribution in [3.63, 3.8) is 0 Å². The van der Waals surface area contributed by atoms with Gasteiger partial charge in [-0.05, 0) is 25.8 Å². The maximum absolute atomic E-state index is 12.4. The molecule has 0 aliphatic carbocycles. The first-order valence-electron chi connectivity index (χ1n) is 5.99. The maximum atomic E-state index is 12.4. The summed E-state index contributed by atoms with van der Waals surface area (Å²) in [7, 11) is 0. The fourth-order valence-corrected chi connectivity index (χ4v) is 2.55. The summed E-state index contributed by atoms with van der Waals surface area (Å²) in [4.78, 5) is 29.2. The van der Waals surface area contributed by atoms with Gasteiger partial charge in [0.25, 0.3) is 5.91 Å². The molecule has 1 atom stereocenters. The summed E-state index contributed by atoms with van der Waals surface area (Å²) < 4.78 is 0. The lowest BCUT2D eigenvalue weighted by Gasteiger charge is -2.24. The van der Waals surface area contributed by atoms with Crippen LogP contribution in [0.2, 0.25) is 5.02 Å². The van der Waals surface area contributed by atoms with Gasteiger partial charge in [-0.2, -0.15) is 0 Å². The number of hydrogen-bond acceptors (Lipinski definition) is 3. The molecule has 2 rings (SSSR count). The van der Waals surface area contributed by atoms with E-state index in [4.69, 9.17) is 11.6 Å². The van der Waals surface area contributed by atoms with Gasteiger partial charge in [0.15, 0.2) is 0 Å². The minimum absolute atomic E-state index is 0.0132. The number of likely N-dealkylation sites (tertiary alicyclic amines) is 1. The summed E-state index contributed by atoms with van der Waals surface area (Å²) in [5.74, 6) is 0.00618. The van der Waals surface area contributed by atoms with Crippen molar-refractivity contribution in [3.05, 3.63) is 29.0 Å². The fraction of sp³-hybridized carbons (Fsp3) is 0.462. The molecular weight excluding hydrogens is 252 g/mol. The Bertz CT molecular complexity index is 476. The van der Waals surface area contributed by atoms with Crippen molar-refractivity contribution in [2.45, 2.75) is 32.2 Å². The molecule has 2 heterocycles. The summed E-state index contributed by atoms with van der Waals surface area (Å²) in [5.41, 5.74) is 0.460. The molecule has 1 aromatic heterocycles. The van der Waals surface area contributed by atoms with Gasteiger partial charge in [-0.15, -0.1) is 0 Å². The van der Waals surface area contributed by atoms with Gasteiger partial charge in [-0.3, -0.25) is 14.6 Å². The number of rotatable bonds is 3. The van der Waals surface area contributed by atoms with Gasteiger partial charge in [0.1, 0.15) is 5.78 Å². The number of amides is 1. The summed E-state index contributed by atoms with van der Waals surface area (Å²) in [6.07, 6.45) is 5.26. The smallest absolute Gasteiger partial charge is 0.255 e. The molecule has 1 fully saturated rings. The van der Waals surface area contributed by atoms with E-state index >= 15 is 0 Å². The van der Waals surface area contributed by atoms with Crippen LogP contribution in [0.4, 0.5) is 0 Å². The molecule has 18 heavy (non-hydrogen) atoms. The number of pyridine rings is 1. The van der Waals surface area contributed by atoms with Crippen molar-refractivity contribution >= 4 is 23.3 Å². The fourth-order valence-electron chi connectivity index (χ4n) is 2.35. The van der Waals surface area contributed by atoms with Crippen LogP contribution in [-0.2, 0) is 4.79 Å². The third kappa shape index (κ3) is 2.70. The number of Topliss-reactive ketones (excluding diaryl/α,β-unsaturated/α-hetero) is 1. The number of carbonyl (C=O) groups excluding carboxylic acids is 2. The van der Waals surface area contributed by atoms with E-state index in [2.05, 4.69) is 4.98 Å². The summed E-state index contributed by atoms with van der Waals surface area (Å²) in [6, 6.07) is 1.63. The highest BCUT2D eigenvalue weighted by Gasteiger charge is 2.30. The first-order chi connectivity index (χ1) is 8.59. The Kier molecular flexibility index (Phi) is 3.97. The number of aromatic nitrogens is 1. The second kappa shape index (κ2) is 5.48. The average Bonchev–Trinajstić information content (AvgIpc) is 2.76. The Hall–Kier alpha value is -1.42. The molecule has 1 aliphatic rings. The predicted octanol–water partition coefficient (Wildman–Crippen LogP) is 2.32. The monoisotopic (exact) mass is 266 g/mol. The topological polar surface area (TPSA) is 50.3 Å². The van der Waals surface area contributed by atoms with Crippen LogP contribution >= 0.6 is 11.6 Å². The predicted molar refractivity (Wildman–Crippen MR) is 68.6 cm³/mol. The summed E-state index contributed by atoms with van der Waals surface area (Å²) in [5, 5.41) is 0.357. The van der Waals surface area contributed by atoms with Crippen molar-refractivity contribution < 1.29 is 9.59 Å². The average molecular weight is 267 g/mol. The number of hydrogen-bond donors (Lipinski definition) is 0. The lowest BCUT2D eigenvalue weighted by Crippen LogP contribution is -2.36. The highest BCUT2D eigenvalue weighted by Crippen LogP contribution is 2.25. The molecule has 0 aromatic carbocycles. The van der Waals surface area contributed by atoms with Crippen LogP contribution < -0.4 is 0 Å². The lowest BCUT2D eigenvalue weighted by molar-refractivity contribution is -0.117. The molecular formula is C13H15ClN2O2. The zero-order valence-corrected chi connectivity index (χ0v) is 11.0. The number of ketones is 1. The van der Waals surface area contributed by atoms with Gasteiger partial charge < -0.3 is 4.90 Å². The van der Waals surface area contributed by atoms with Crippen LogP contribution in [0.25, 0.3) is 0 Å². The van der Waals surface area contributed by atoms with Gasteiger partial charge in [0.2, 0.25) is 0 Å². The van der Waals surface area contributed by atoms with Crippen LogP contribution in [0.15, 0.2) is 18.5 Å². The number of halogens is 1. The zero-order chi connectivity index (χ0) is 13.1. The summed E-state index contributed by atoms with van der Waals surface area (Å²) in [6.45, 7) is 2.25. The number of carbonyl (C=O) groups is 2. The van der Waals surface area contributed by atoms with E-state index in [1.54, 1.807) is 24.1 Å². The van der Waals surface area contributed by atoms with Gasteiger partial charge in [0.05, 0.1) is 10.6 Å². The molecule has 1 saturated heterocycles. The van der Waals surface area contributed by atoms with E-state index in [-0.39, 0.29) is 17.7 Å². The molecule has 0 radical (unpaired) electrons.